The molecule has 27 heavy (non-hydrogen) atoms. The van der Waals surface area contributed by atoms with E-state index in [-0.39, 0.29) is 27.3 Å². The van der Waals surface area contributed by atoms with Crippen molar-refractivity contribution in [3.8, 4) is 0 Å². The molecule has 0 radical (unpaired) electrons. The molecule has 9 nitrogen and oxygen atoms in total. The van der Waals surface area contributed by atoms with E-state index in [1.165, 1.54) is 10.9 Å². The molecule has 3 aromatic rings. The number of hydrogen-bond donors (Lipinski definition) is 3. The maximum absolute atomic E-state index is 12.6. The number of anilines is 1. The summed E-state index contributed by atoms with van der Waals surface area (Å²) in [7, 11) is 1.55. The van der Waals surface area contributed by atoms with Gasteiger partial charge in [0.25, 0.3) is 11.5 Å². The number of thiophene rings is 1. The molecule has 0 aliphatic heterocycles. The number of fused-ring (bicyclic) bond motifs is 1. The third kappa shape index (κ3) is 3.29. The number of amides is 1. The number of carbonyl (C=O) groups excluding carboxylic acids is 1. The normalized spacial score (nSPS) is 10.7. The highest BCUT2D eigenvalue weighted by Crippen LogP contribution is 2.28. The fourth-order valence-electron chi connectivity index (χ4n) is 2.56. The summed E-state index contributed by atoms with van der Waals surface area (Å²) in [5, 5.41) is 21.1. The van der Waals surface area contributed by atoms with Gasteiger partial charge in [0.2, 0.25) is 0 Å². The van der Waals surface area contributed by atoms with E-state index in [1.807, 2.05) is 0 Å². The van der Waals surface area contributed by atoms with Crippen LogP contribution in [0.25, 0.3) is 10.2 Å². The van der Waals surface area contributed by atoms with E-state index in [2.05, 4.69) is 10.3 Å². The minimum atomic E-state index is -1.32. The number of carbonyl (C=O) groups is 3. The van der Waals surface area contributed by atoms with E-state index in [9.17, 15) is 19.2 Å². The largest absolute Gasteiger partial charge is 0.478 e. The van der Waals surface area contributed by atoms with E-state index < -0.39 is 17.8 Å². The number of hydrogen-bond acceptors (Lipinski definition) is 6. The molecule has 2 heterocycles. The van der Waals surface area contributed by atoms with Gasteiger partial charge in [-0.2, -0.15) is 0 Å². The Morgan fingerprint density at radius 2 is 1.70 bits per heavy atom. The Hall–Kier alpha value is -3.53. The predicted octanol–water partition coefficient (Wildman–Crippen LogP) is 1.95. The second-order valence-electron chi connectivity index (χ2n) is 5.76. The minimum absolute atomic E-state index is 0.0232. The number of carboxylic acids is 2. The molecule has 1 amide bonds. The third-order valence-corrected chi connectivity index (χ3v) is 5.10. The lowest BCUT2D eigenvalue weighted by Gasteiger charge is -2.07. The van der Waals surface area contributed by atoms with Crippen LogP contribution in [0.4, 0.5) is 5.69 Å². The van der Waals surface area contributed by atoms with Crippen LogP contribution in [0, 0.1) is 6.92 Å². The summed E-state index contributed by atoms with van der Waals surface area (Å²) in [5.41, 5.74) is -0.347. The molecule has 0 saturated carbocycles. The molecule has 0 aliphatic carbocycles. The van der Waals surface area contributed by atoms with Crippen molar-refractivity contribution in [2.45, 2.75) is 6.92 Å². The highest BCUT2D eigenvalue weighted by atomic mass is 32.1. The predicted molar refractivity (Wildman–Crippen MR) is 97.9 cm³/mol. The molecule has 0 fully saturated rings. The van der Waals surface area contributed by atoms with Crippen molar-refractivity contribution < 1.29 is 24.6 Å². The molecule has 3 N–H and O–H groups in total. The summed E-state index contributed by atoms with van der Waals surface area (Å²) in [6, 6.07) is 3.32. The summed E-state index contributed by atoms with van der Waals surface area (Å²) in [5.74, 6) is -3.23. The van der Waals surface area contributed by atoms with E-state index in [1.54, 1.807) is 14.0 Å². The molecule has 0 bridgehead atoms. The van der Waals surface area contributed by atoms with Crippen molar-refractivity contribution in [2.75, 3.05) is 5.32 Å². The van der Waals surface area contributed by atoms with Crippen LogP contribution in [-0.4, -0.2) is 37.6 Å². The smallest absolute Gasteiger partial charge is 0.335 e. The Kier molecular flexibility index (Phi) is 4.50. The van der Waals surface area contributed by atoms with Crippen LogP contribution >= 0.6 is 11.3 Å². The molecule has 0 atom stereocenters. The second-order valence-corrected chi connectivity index (χ2v) is 6.76. The summed E-state index contributed by atoms with van der Waals surface area (Å²) in [4.78, 5) is 52.0. The highest BCUT2D eigenvalue weighted by Gasteiger charge is 2.20. The molecule has 138 valence electrons. The van der Waals surface area contributed by atoms with E-state index in [4.69, 9.17) is 10.2 Å². The first-order valence-electron chi connectivity index (χ1n) is 7.56. The number of aromatic carboxylic acids is 2. The molecule has 0 saturated heterocycles. The third-order valence-electron chi connectivity index (χ3n) is 3.90. The van der Waals surface area contributed by atoms with Gasteiger partial charge in [0.15, 0.2) is 0 Å². The number of carboxylic acid groups (broad SMARTS) is 2. The van der Waals surface area contributed by atoms with Crippen molar-refractivity contribution in [3.05, 3.63) is 56.4 Å². The fraction of sp³-hybridized carbons (Fsp3) is 0.118. The van der Waals surface area contributed by atoms with Gasteiger partial charge in [0.1, 0.15) is 4.83 Å². The Balaban J connectivity index is 2.03. The van der Waals surface area contributed by atoms with Crippen molar-refractivity contribution in [1.82, 2.24) is 9.55 Å². The maximum Gasteiger partial charge on any atom is 0.335 e. The Bertz CT molecular complexity index is 1150. The first-order chi connectivity index (χ1) is 12.7. The molecule has 0 aliphatic rings. The van der Waals surface area contributed by atoms with E-state index >= 15 is 0 Å². The molecule has 10 heteroatoms. The summed E-state index contributed by atoms with van der Waals surface area (Å²) >= 11 is 1.03. The maximum atomic E-state index is 12.6. The molecule has 2 aromatic heterocycles. The molecular weight excluding hydrogens is 374 g/mol. The van der Waals surface area contributed by atoms with Gasteiger partial charge in [0.05, 0.1) is 27.7 Å². The van der Waals surface area contributed by atoms with Crippen LogP contribution in [0.3, 0.4) is 0 Å². The van der Waals surface area contributed by atoms with Gasteiger partial charge in [-0.15, -0.1) is 11.3 Å². The SMILES string of the molecule is Cc1c(C(=O)Nc2cc(C(=O)O)cc(C(=O)O)c2)sc2ncn(C)c(=O)c12. The van der Waals surface area contributed by atoms with Crippen LogP contribution in [0.2, 0.25) is 0 Å². The lowest BCUT2D eigenvalue weighted by Crippen LogP contribution is -2.17. The average molecular weight is 387 g/mol. The monoisotopic (exact) mass is 387 g/mol. The second kappa shape index (κ2) is 6.65. The van der Waals surface area contributed by atoms with Crippen LogP contribution in [0.1, 0.15) is 36.0 Å². The first kappa shape index (κ1) is 18.3. The van der Waals surface area contributed by atoms with Gasteiger partial charge in [-0.3, -0.25) is 9.59 Å². The molecule has 1 aromatic carbocycles. The number of nitrogens with one attached hydrogen (secondary N) is 1. The minimum Gasteiger partial charge on any atom is -0.478 e. The van der Waals surface area contributed by atoms with E-state index in [0.717, 1.165) is 29.5 Å². The number of aromatic nitrogens is 2. The summed E-state index contributed by atoms with van der Waals surface area (Å²) in [6.07, 6.45) is 1.36. The highest BCUT2D eigenvalue weighted by molar-refractivity contribution is 7.20. The van der Waals surface area contributed by atoms with Gasteiger partial charge >= 0.3 is 11.9 Å². The van der Waals surface area contributed by atoms with Gasteiger partial charge in [-0.25, -0.2) is 14.6 Å². The quantitative estimate of drug-likeness (QED) is 0.622. The van der Waals surface area contributed by atoms with Crippen molar-refractivity contribution >= 4 is 45.1 Å². The zero-order chi connectivity index (χ0) is 19.9. The topological polar surface area (TPSA) is 139 Å². The van der Waals surface area contributed by atoms with Crippen molar-refractivity contribution in [3.63, 3.8) is 0 Å². The van der Waals surface area contributed by atoms with Crippen LogP contribution in [0.5, 0.6) is 0 Å². The number of benzene rings is 1. The number of nitrogens with zero attached hydrogens (tertiary/aromatic N) is 2. The standard InChI is InChI=1S/C17H13N3O6S/c1-7-11-14(18-6-20(2)15(11)22)27-12(7)13(21)19-10-4-8(16(23)24)3-9(5-10)17(25)26/h3-6H,1-2H3,(H,19,21)(H,23,24)(H,25,26). The number of aryl methyl sites for hydroxylation is 2. The molecule has 0 unspecified atom stereocenters. The van der Waals surface area contributed by atoms with Crippen LogP contribution < -0.4 is 10.9 Å². The van der Waals surface area contributed by atoms with Crippen LogP contribution in [-0.2, 0) is 7.05 Å². The molecule has 0 spiro atoms. The first-order valence-corrected chi connectivity index (χ1v) is 8.38. The number of rotatable bonds is 4. The van der Waals surface area contributed by atoms with Gasteiger partial charge in [0, 0.05) is 12.7 Å². The Morgan fingerprint density at radius 1 is 1.11 bits per heavy atom. The zero-order valence-electron chi connectivity index (χ0n) is 14.1. The molecule has 3 rings (SSSR count). The molecular formula is C17H13N3O6S. The summed E-state index contributed by atoms with van der Waals surface area (Å²) < 4.78 is 1.30. The Morgan fingerprint density at radius 3 is 2.26 bits per heavy atom. The summed E-state index contributed by atoms with van der Waals surface area (Å²) in [6.45, 7) is 1.62. The zero-order valence-corrected chi connectivity index (χ0v) is 15.0. The Labute approximate surface area is 155 Å². The van der Waals surface area contributed by atoms with Crippen LogP contribution in [0.15, 0.2) is 29.3 Å². The lowest BCUT2D eigenvalue weighted by atomic mass is 10.1. The van der Waals surface area contributed by atoms with Gasteiger partial charge < -0.3 is 20.1 Å². The average Bonchev–Trinajstić information content (AvgIpc) is 2.95. The lowest BCUT2D eigenvalue weighted by molar-refractivity contribution is 0.0696. The van der Waals surface area contributed by atoms with Crippen molar-refractivity contribution in [1.29, 1.82) is 0 Å². The fourth-order valence-corrected chi connectivity index (χ4v) is 3.59. The van der Waals surface area contributed by atoms with Gasteiger partial charge in [-0.1, -0.05) is 0 Å². The van der Waals surface area contributed by atoms with Gasteiger partial charge in [-0.05, 0) is 30.7 Å². The van der Waals surface area contributed by atoms with E-state index in [0.29, 0.717) is 15.8 Å². The van der Waals surface area contributed by atoms with Crippen molar-refractivity contribution in [2.24, 2.45) is 7.05 Å².